The zero-order valence-electron chi connectivity index (χ0n) is 11.2. The maximum Gasteiger partial charge on any atom is 0.416 e. The number of aromatic carboxylic acids is 1. The van der Waals surface area contributed by atoms with E-state index in [1.165, 1.54) is 0 Å². The SMILES string of the molecule is O=C(O)c1cc(C(F)(F)F)ccc1NCC1CCCOC1. The van der Waals surface area contributed by atoms with Crippen molar-refractivity contribution in [1.29, 1.82) is 0 Å². The molecule has 0 amide bonds. The molecule has 2 rings (SSSR count). The van der Waals surface area contributed by atoms with E-state index in [2.05, 4.69) is 5.32 Å². The van der Waals surface area contributed by atoms with E-state index < -0.39 is 17.7 Å². The first-order valence-corrected chi connectivity index (χ1v) is 6.64. The van der Waals surface area contributed by atoms with Crippen molar-refractivity contribution in [3.05, 3.63) is 29.3 Å². The van der Waals surface area contributed by atoms with Gasteiger partial charge in [-0.25, -0.2) is 4.79 Å². The van der Waals surface area contributed by atoms with Gasteiger partial charge in [-0.2, -0.15) is 13.2 Å². The van der Waals surface area contributed by atoms with E-state index in [1.54, 1.807) is 0 Å². The average molecular weight is 303 g/mol. The smallest absolute Gasteiger partial charge is 0.416 e. The van der Waals surface area contributed by atoms with Gasteiger partial charge in [0.25, 0.3) is 0 Å². The number of hydrogen-bond acceptors (Lipinski definition) is 3. The molecule has 0 aromatic heterocycles. The average Bonchev–Trinajstić information content (AvgIpc) is 2.45. The van der Waals surface area contributed by atoms with Gasteiger partial charge in [-0.1, -0.05) is 0 Å². The van der Waals surface area contributed by atoms with Gasteiger partial charge in [-0.15, -0.1) is 0 Å². The molecule has 2 N–H and O–H groups in total. The molecular weight excluding hydrogens is 287 g/mol. The van der Waals surface area contributed by atoms with E-state index in [0.717, 1.165) is 31.6 Å². The minimum Gasteiger partial charge on any atom is -0.478 e. The molecule has 1 fully saturated rings. The molecule has 0 aliphatic carbocycles. The quantitative estimate of drug-likeness (QED) is 0.896. The maximum absolute atomic E-state index is 12.6. The zero-order chi connectivity index (χ0) is 15.5. The number of carboxylic acid groups (broad SMARTS) is 1. The third kappa shape index (κ3) is 4.10. The Hall–Kier alpha value is -1.76. The number of benzene rings is 1. The minimum absolute atomic E-state index is 0.195. The Morgan fingerprint density at radius 1 is 1.43 bits per heavy atom. The van der Waals surface area contributed by atoms with Crippen LogP contribution in [0.1, 0.15) is 28.8 Å². The predicted molar refractivity (Wildman–Crippen MR) is 70.4 cm³/mol. The van der Waals surface area contributed by atoms with E-state index in [-0.39, 0.29) is 17.2 Å². The summed E-state index contributed by atoms with van der Waals surface area (Å²) < 4.78 is 43.1. The summed E-state index contributed by atoms with van der Waals surface area (Å²) in [5.41, 5.74) is -1.14. The molecule has 1 atom stereocenters. The maximum atomic E-state index is 12.6. The van der Waals surface area contributed by atoms with E-state index in [0.29, 0.717) is 19.2 Å². The van der Waals surface area contributed by atoms with Crippen LogP contribution in [0, 0.1) is 5.92 Å². The van der Waals surface area contributed by atoms with Crippen LogP contribution in [0.4, 0.5) is 18.9 Å². The molecule has 21 heavy (non-hydrogen) atoms. The summed E-state index contributed by atoms with van der Waals surface area (Å²) in [7, 11) is 0. The molecule has 0 saturated carbocycles. The summed E-state index contributed by atoms with van der Waals surface area (Å²) in [4.78, 5) is 11.1. The van der Waals surface area contributed by atoms with Crippen LogP contribution in [0.2, 0.25) is 0 Å². The van der Waals surface area contributed by atoms with Gasteiger partial charge >= 0.3 is 12.1 Å². The first kappa shape index (κ1) is 15.6. The van der Waals surface area contributed by atoms with Crippen LogP contribution in [0.25, 0.3) is 0 Å². The van der Waals surface area contributed by atoms with Gasteiger partial charge in [-0.05, 0) is 37.0 Å². The van der Waals surface area contributed by atoms with Crippen molar-refractivity contribution in [2.24, 2.45) is 5.92 Å². The Bertz CT molecular complexity index is 511. The van der Waals surface area contributed by atoms with Crippen LogP contribution < -0.4 is 5.32 Å². The summed E-state index contributed by atoms with van der Waals surface area (Å²) in [5, 5.41) is 12.0. The van der Waals surface area contributed by atoms with E-state index >= 15 is 0 Å². The molecule has 1 unspecified atom stereocenters. The van der Waals surface area contributed by atoms with Crippen molar-refractivity contribution in [3.8, 4) is 0 Å². The fourth-order valence-corrected chi connectivity index (χ4v) is 2.27. The van der Waals surface area contributed by atoms with E-state index in [9.17, 15) is 18.0 Å². The van der Waals surface area contributed by atoms with Crippen LogP contribution in [0.3, 0.4) is 0 Å². The molecule has 0 spiro atoms. The van der Waals surface area contributed by atoms with Gasteiger partial charge in [-0.3, -0.25) is 0 Å². The Kier molecular flexibility index (Phi) is 4.72. The van der Waals surface area contributed by atoms with E-state index in [1.807, 2.05) is 0 Å². The molecular formula is C14H16F3NO3. The fourth-order valence-electron chi connectivity index (χ4n) is 2.27. The third-order valence-electron chi connectivity index (χ3n) is 3.41. The van der Waals surface area contributed by atoms with Gasteiger partial charge in [0.05, 0.1) is 17.7 Å². The molecule has 1 aliphatic rings. The topological polar surface area (TPSA) is 58.6 Å². The van der Waals surface area contributed by atoms with E-state index in [4.69, 9.17) is 9.84 Å². The first-order chi connectivity index (χ1) is 9.88. The lowest BCUT2D eigenvalue weighted by Crippen LogP contribution is -2.25. The van der Waals surface area contributed by atoms with Crippen LogP contribution >= 0.6 is 0 Å². The number of anilines is 1. The van der Waals surface area contributed by atoms with Crippen LogP contribution in [0.5, 0.6) is 0 Å². The summed E-state index contributed by atoms with van der Waals surface area (Å²) in [6, 6.07) is 2.70. The normalized spacial score (nSPS) is 19.3. The Morgan fingerprint density at radius 2 is 2.19 bits per heavy atom. The first-order valence-electron chi connectivity index (χ1n) is 6.64. The van der Waals surface area contributed by atoms with Crippen LogP contribution in [-0.2, 0) is 10.9 Å². The highest BCUT2D eigenvalue weighted by Crippen LogP contribution is 2.32. The van der Waals surface area contributed by atoms with Gasteiger partial charge in [0, 0.05) is 18.8 Å². The molecule has 1 saturated heterocycles. The Balaban J connectivity index is 2.12. The summed E-state index contributed by atoms with van der Waals surface area (Å²) in [6.45, 7) is 1.78. The second-order valence-corrected chi connectivity index (χ2v) is 5.03. The number of nitrogens with one attached hydrogen (secondary N) is 1. The van der Waals surface area contributed by atoms with Crippen LogP contribution in [0.15, 0.2) is 18.2 Å². The lowest BCUT2D eigenvalue weighted by atomic mass is 10.0. The van der Waals surface area contributed by atoms with Gasteiger partial charge < -0.3 is 15.2 Å². The van der Waals surface area contributed by atoms with Gasteiger partial charge in [0.2, 0.25) is 0 Å². The number of rotatable bonds is 4. The molecule has 4 nitrogen and oxygen atoms in total. The van der Waals surface area contributed by atoms with Crippen molar-refractivity contribution in [3.63, 3.8) is 0 Å². The number of halogens is 3. The second kappa shape index (κ2) is 6.34. The number of carbonyl (C=O) groups is 1. The lowest BCUT2D eigenvalue weighted by molar-refractivity contribution is -0.137. The highest BCUT2D eigenvalue weighted by atomic mass is 19.4. The number of carboxylic acids is 1. The van der Waals surface area contributed by atoms with Crippen molar-refractivity contribution in [2.75, 3.05) is 25.1 Å². The number of hydrogen-bond donors (Lipinski definition) is 2. The molecule has 1 heterocycles. The lowest BCUT2D eigenvalue weighted by Gasteiger charge is -2.23. The fraction of sp³-hybridized carbons (Fsp3) is 0.500. The largest absolute Gasteiger partial charge is 0.478 e. The second-order valence-electron chi connectivity index (χ2n) is 5.03. The molecule has 1 aromatic carbocycles. The minimum atomic E-state index is -4.56. The van der Waals surface area contributed by atoms with Crippen molar-refractivity contribution in [1.82, 2.24) is 0 Å². The summed E-state index contributed by atoms with van der Waals surface area (Å²) in [6.07, 6.45) is -2.67. The van der Waals surface area contributed by atoms with Gasteiger partial charge in [0.1, 0.15) is 0 Å². The Morgan fingerprint density at radius 3 is 2.76 bits per heavy atom. The van der Waals surface area contributed by atoms with Crippen LogP contribution in [-0.4, -0.2) is 30.8 Å². The zero-order valence-corrected chi connectivity index (χ0v) is 11.2. The van der Waals surface area contributed by atoms with Gasteiger partial charge in [0.15, 0.2) is 0 Å². The number of alkyl halides is 3. The van der Waals surface area contributed by atoms with Crippen molar-refractivity contribution < 1.29 is 27.8 Å². The monoisotopic (exact) mass is 303 g/mol. The Labute approximate surface area is 119 Å². The molecule has 1 aromatic rings. The third-order valence-corrected chi connectivity index (χ3v) is 3.41. The highest BCUT2D eigenvalue weighted by molar-refractivity contribution is 5.94. The summed E-state index contributed by atoms with van der Waals surface area (Å²) in [5.74, 6) is -1.15. The predicted octanol–water partition coefficient (Wildman–Crippen LogP) is 3.24. The van der Waals surface area contributed by atoms with Crippen molar-refractivity contribution >= 4 is 11.7 Å². The molecule has 116 valence electrons. The highest BCUT2D eigenvalue weighted by Gasteiger charge is 2.31. The molecule has 1 aliphatic heterocycles. The standard InChI is InChI=1S/C14H16F3NO3/c15-14(16,17)10-3-4-12(11(6-10)13(19)20)18-7-9-2-1-5-21-8-9/h3-4,6,9,18H,1-2,5,7-8H2,(H,19,20). The van der Waals surface area contributed by atoms with Crippen molar-refractivity contribution in [2.45, 2.75) is 19.0 Å². The number of ether oxygens (including phenoxy) is 1. The molecule has 7 heteroatoms. The summed E-state index contributed by atoms with van der Waals surface area (Å²) >= 11 is 0. The molecule has 0 radical (unpaired) electrons. The molecule has 0 bridgehead atoms.